The summed E-state index contributed by atoms with van der Waals surface area (Å²) in [5, 5.41) is 1.03. The lowest BCUT2D eigenvalue weighted by Crippen LogP contribution is -2.23. The largest absolute Gasteiger partial charge is 0.465 e. The number of carbonyl (C=O) groups excluding carboxylic acids is 1. The molecule has 0 fully saturated rings. The number of rotatable bonds is 5. The smallest absolute Gasteiger partial charge is 0.315 e. The zero-order valence-corrected chi connectivity index (χ0v) is 13.6. The third kappa shape index (κ3) is 3.32. The van der Waals surface area contributed by atoms with Gasteiger partial charge in [0.25, 0.3) is 0 Å². The van der Waals surface area contributed by atoms with Gasteiger partial charge in [0.05, 0.1) is 12.3 Å². The number of fused-ring (bicyclic) bond motifs is 1. The van der Waals surface area contributed by atoms with Gasteiger partial charge in [0.1, 0.15) is 5.92 Å². The topological polar surface area (TPSA) is 42.4 Å². The number of anilines is 1. The quantitative estimate of drug-likeness (QED) is 0.782. The molecule has 1 aliphatic rings. The van der Waals surface area contributed by atoms with E-state index in [9.17, 15) is 4.79 Å². The van der Waals surface area contributed by atoms with E-state index < -0.39 is 0 Å². The Labute approximate surface area is 125 Å². The minimum absolute atomic E-state index is 0.114. The van der Waals surface area contributed by atoms with E-state index in [-0.39, 0.29) is 11.9 Å². The highest BCUT2D eigenvalue weighted by molar-refractivity contribution is 7.15. The fraction of sp³-hybridized carbons (Fsp3) is 0.733. The van der Waals surface area contributed by atoms with Gasteiger partial charge < -0.3 is 9.64 Å². The molecule has 20 heavy (non-hydrogen) atoms. The second kappa shape index (κ2) is 6.57. The highest BCUT2D eigenvalue weighted by Gasteiger charge is 2.31. The Morgan fingerprint density at radius 2 is 2.30 bits per heavy atom. The molecule has 112 valence electrons. The van der Waals surface area contributed by atoms with Crippen LogP contribution in [0.3, 0.4) is 0 Å². The zero-order valence-electron chi connectivity index (χ0n) is 12.8. The Hall–Kier alpha value is -1.10. The molecule has 1 aromatic heterocycles. The Kier molecular flexibility index (Phi) is 5.02. The first-order chi connectivity index (χ1) is 9.52. The highest BCUT2D eigenvalue weighted by atomic mass is 32.1. The van der Waals surface area contributed by atoms with Gasteiger partial charge >= 0.3 is 5.97 Å². The van der Waals surface area contributed by atoms with E-state index in [1.807, 2.05) is 6.92 Å². The molecule has 0 bridgehead atoms. The summed E-state index contributed by atoms with van der Waals surface area (Å²) in [7, 11) is 2.07. The van der Waals surface area contributed by atoms with E-state index in [4.69, 9.17) is 9.72 Å². The summed E-state index contributed by atoms with van der Waals surface area (Å²) in [5.74, 6) is 0.328. The van der Waals surface area contributed by atoms with Gasteiger partial charge in [-0.3, -0.25) is 4.79 Å². The van der Waals surface area contributed by atoms with E-state index in [2.05, 4.69) is 25.8 Å². The molecule has 1 aliphatic carbocycles. The maximum Gasteiger partial charge on any atom is 0.315 e. The predicted molar refractivity (Wildman–Crippen MR) is 82.5 cm³/mol. The van der Waals surface area contributed by atoms with Crippen molar-refractivity contribution in [3.63, 3.8) is 0 Å². The van der Waals surface area contributed by atoms with Crippen molar-refractivity contribution in [1.29, 1.82) is 0 Å². The summed E-state index contributed by atoms with van der Waals surface area (Å²) < 4.78 is 5.18. The van der Waals surface area contributed by atoms with Crippen LogP contribution in [0.25, 0.3) is 0 Å². The number of aryl methyl sites for hydroxylation is 1. The van der Waals surface area contributed by atoms with Crippen molar-refractivity contribution >= 4 is 22.4 Å². The molecule has 0 aromatic carbocycles. The van der Waals surface area contributed by atoms with Gasteiger partial charge in [-0.2, -0.15) is 0 Å². The minimum Gasteiger partial charge on any atom is -0.465 e. The van der Waals surface area contributed by atoms with E-state index in [0.717, 1.165) is 36.6 Å². The number of ether oxygens (including phenoxy) is 1. The molecule has 1 aromatic rings. The molecule has 4 nitrogen and oxygen atoms in total. The average Bonchev–Trinajstić information content (AvgIpc) is 2.81. The van der Waals surface area contributed by atoms with Gasteiger partial charge in [-0.15, -0.1) is 11.3 Å². The Balaban J connectivity index is 2.20. The molecule has 0 saturated carbocycles. The maximum absolute atomic E-state index is 12.0. The minimum atomic E-state index is -0.156. The zero-order chi connectivity index (χ0) is 14.7. The molecule has 0 N–H and O–H groups in total. The maximum atomic E-state index is 12.0. The lowest BCUT2D eigenvalue weighted by molar-refractivity contribution is -0.145. The summed E-state index contributed by atoms with van der Waals surface area (Å²) in [6, 6.07) is 0. The van der Waals surface area contributed by atoms with Crippen LogP contribution in [0.2, 0.25) is 0 Å². The fourth-order valence-electron chi connectivity index (χ4n) is 2.67. The number of nitrogens with zero attached hydrogens (tertiary/aromatic N) is 2. The van der Waals surface area contributed by atoms with Crippen LogP contribution >= 0.6 is 11.3 Å². The molecule has 1 atom stereocenters. The van der Waals surface area contributed by atoms with E-state index >= 15 is 0 Å². The lowest BCUT2D eigenvalue weighted by Gasteiger charge is -2.19. The van der Waals surface area contributed by atoms with Gasteiger partial charge in [-0.25, -0.2) is 4.98 Å². The predicted octanol–water partition coefficient (Wildman–Crippen LogP) is 3.22. The first kappa shape index (κ1) is 15.3. The molecule has 0 radical (unpaired) electrons. The fourth-order valence-corrected chi connectivity index (χ4v) is 3.80. The Morgan fingerprint density at radius 1 is 1.55 bits per heavy atom. The molecule has 0 aliphatic heterocycles. The standard InChI is InChI=1S/C15H24N2O2S/c1-5-19-14(18)11-7-6-8-12-13(11)16-15(20-12)17(4)9-10(2)3/h10-11H,5-9H2,1-4H3. The second-order valence-corrected chi connectivity index (χ2v) is 6.84. The number of carbonyl (C=O) groups is 1. The first-order valence-corrected chi connectivity index (χ1v) is 8.22. The Morgan fingerprint density at radius 3 is 2.95 bits per heavy atom. The average molecular weight is 296 g/mol. The van der Waals surface area contributed by atoms with Gasteiger partial charge in [0.15, 0.2) is 5.13 Å². The molecular weight excluding hydrogens is 272 g/mol. The van der Waals surface area contributed by atoms with Crippen LogP contribution in [0.15, 0.2) is 0 Å². The number of hydrogen-bond donors (Lipinski definition) is 0. The van der Waals surface area contributed by atoms with Crippen molar-refractivity contribution in [2.24, 2.45) is 5.92 Å². The molecule has 1 heterocycles. The summed E-state index contributed by atoms with van der Waals surface area (Å²) in [5.41, 5.74) is 0.963. The summed E-state index contributed by atoms with van der Waals surface area (Å²) in [6.07, 6.45) is 2.95. The number of hydrogen-bond acceptors (Lipinski definition) is 5. The van der Waals surface area contributed by atoms with Crippen LogP contribution in [0, 0.1) is 5.92 Å². The monoisotopic (exact) mass is 296 g/mol. The van der Waals surface area contributed by atoms with Crippen LogP contribution in [0.5, 0.6) is 0 Å². The van der Waals surface area contributed by atoms with Gasteiger partial charge in [-0.05, 0) is 32.1 Å². The number of thiazole rings is 1. The van der Waals surface area contributed by atoms with Crippen LogP contribution in [0.4, 0.5) is 5.13 Å². The number of esters is 1. The SMILES string of the molecule is CCOC(=O)C1CCCc2sc(N(C)CC(C)C)nc21. The molecule has 0 saturated heterocycles. The van der Waals surface area contributed by atoms with Crippen molar-refractivity contribution in [3.05, 3.63) is 10.6 Å². The van der Waals surface area contributed by atoms with Crippen molar-refractivity contribution in [2.45, 2.75) is 46.0 Å². The van der Waals surface area contributed by atoms with Crippen molar-refractivity contribution in [2.75, 3.05) is 25.1 Å². The highest BCUT2D eigenvalue weighted by Crippen LogP contribution is 2.38. The molecule has 0 amide bonds. The van der Waals surface area contributed by atoms with Crippen molar-refractivity contribution in [3.8, 4) is 0 Å². The third-order valence-corrected chi connectivity index (χ3v) is 4.72. The molecule has 2 rings (SSSR count). The molecule has 5 heteroatoms. The van der Waals surface area contributed by atoms with Crippen LogP contribution in [-0.2, 0) is 16.0 Å². The van der Waals surface area contributed by atoms with E-state index in [1.54, 1.807) is 11.3 Å². The normalized spacial score (nSPS) is 17.9. The molecular formula is C15H24N2O2S. The van der Waals surface area contributed by atoms with Gasteiger partial charge in [-0.1, -0.05) is 13.8 Å². The van der Waals surface area contributed by atoms with Crippen molar-refractivity contribution < 1.29 is 9.53 Å². The summed E-state index contributed by atoms with van der Waals surface area (Å²) in [4.78, 5) is 20.2. The van der Waals surface area contributed by atoms with Gasteiger partial charge in [0, 0.05) is 18.5 Å². The summed E-state index contributed by atoms with van der Waals surface area (Å²) in [6.45, 7) is 7.67. The second-order valence-electron chi connectivity index (χ2n) is 5.78. The third-order valence-electron chi connectivity index (χ3n) is 3.48. The lowest BCUT2D eigenvalue weighted by atomic mass is 9.91. The molecule has 1 unspecified atom stereocenters. The van der Waals surface area contributed by atoms with Crippen LogP contribution in [-0.4, -0.2) is 31.2 Å². The molecule has 0 spiro atoms. The first-order valence-electron chi connectivity index (χ1n) is 7.40. The Bertz CT molecular complexity index is 470. The van der Waals surface area contributed by atoms with E-state index in [0.29, 0.717) is 12.5 Å². The van der Waals surface area contributed by atoms with Crippen LogP contribution < -0.4 is 4.90 Å². The van der Waals surface area contributed by atoms with E-state index in [1.165, 1.54) is 4.88 Å². The van der Waals surface area contributed by atoms with Crippen molar-refractivity contribution in [1.82, 2.24) is 4.98 Å². The van der Waals surface area contributed by atoms with Crippen LogP contribution in [0.1, 0.15) is 50.1 Å². The summed E-state index contributed by atoms with van der Waals surface area (Å²) >= 11 is 1.73. The van der Waals surface area contributed by atoms with Gasteiger partial charge in [0.2, 0.25) is 0 Å². The number of aromatic nitrogens is 1.